The van der Waals surface area contributed by atoms with Crippen LogP contribution in [0.25, 0.3) is 0 Å². The lowest BCUT2D eigenvalue weighted by atomic mass is 10.1. The number of hydrogen-bond donors (Lipinski definition) is 1. The Balaban J connectivity index is 1.84. The molecule has 17 heavy (non-hydrogen) atoms. The van der Waals surface area contributed by atoms with Gasteiger partial charge >= 0.3 is 0 Å². The van der Waals surface area contributed by atoms with Crippen LogP contribution in [0, 0.1) is 0 Å². The van der Waals surface area contributed by atoms with Crippen molar-refractivity contribution in [2.75, 3.05) is 26.3 Å². The predicted octanol–water partition coefficient (Wildman–Crippen LogP) is 0.370. The zero-order valence-electron chi connectivity index (χ0n) is 10.8. The molecule has 1 aromatic heterocycles. The van der Waals surface area contributed by atoms with Gasteiger partial charge < -0.3 is 4.74 Å². The molecule has 1 saturated heterocycles. The van der Waals surface area contributed by atoms with Crippen molar-refractivity contribution in [2.24, 2.45) is 0 Å². The van der Waals surface area contributed by atoms with Gasteiger partial charge in [-0.15, -0.1) is 5.10 Å². The van der Waals surface area contributed by atoms with E-state index in [-0.39, 0.29) is 5.54 Å². The topological polar surface area (TPSA) is 55.2 Å². The van der Waals surface area contributed by atoms with Crippen LogP contribution in [-0.4, -0.2) is 46.3 Å². The molecule has 0 aliphatic carbocycles. The van der Waals surface area contributed by atoms with Crippen molar-refractivity contribution < 1.29 is 4.74 Å². The van der Waals surface area contributed by atoms with E-state index in [1.54, 1.807) is 0 Å². The second-order valence-corrected chi connectivity index (χ2v) is 5.26. The van der Waals surface area contributed by atoms with Crippen LogP contribution in [0.15, 0.2) is 6.20 Å². The Kier molecular flexibility index (Phi) is 3.76. The largest absolute Gasteiger partial charge is 0.379 e. The van der Waals surface area contributed by atoms with Gasteiger partial charge in [0, 0.05) is 13.1 Å². The van der Waals surface area contributed by atoms with E-state index in [0.29, 0.717) is 0 Å². The second kappa shape index (κ2) is 5.12. The molecule has 6 heteroatoms. The van der Waals surface area contributed by atoms with E-state index < -0.39 is 0 Å². The summed E-state index contributed by atoms with van der Waals surface area (Å²) in [5.41, 5.74) is 4.29. The maximum Gasteiger partial charge on any atom is 0.0979 e. The highest BCUT2D eigenvalue weighted by Gasteiger charge is 2.15. The molecule has 0 bridgehead atoms. The van der Waals surface area contributed by atoms with Gasteiger partial charge in [-0.1, -0.05) is 5.21 Å². The zero-order valence-corrected chi connectivity index (χ0v) is 10.8. The van der Waals surface area contributed by atoms with E-state index in [2.05, 4.69) is 41.5 Å². The molecule has 1 N–H and O–H groups in total. The minimum absolute atomic E-state index is 0.00971. The molecule has 0 amide bonds. The Morgan fingerprint density at radius 2 is 2.06 bits per heavy atom. The van der Waals surface area contributed by atoms with Crippen molar-refractivity contribution in [1.82, 2.24) is 25.4 Å². The van der Waals surface area contributed by atoms with Crippen molar-refractivity contribution in [2.45, 2.75) is 32.9 Å². The molecule has 1 aliphatic heterocycles. The first-order valence-corrected chi connectivity index (χ1v) is 6.03. The number of ether oxygens (including phenoxy) is 1. The van der Waals surface area contributed by atoms with Crippen LogP contribution in [0.5, 0.6) is 0 Å². The van der Waals surface area contributed by atoms with Crippen LogP contribution in [0.2, 0.25) is 0 Å². The molecule has 6 nitrogen and oxygen atoms in total. The van der Waals surface area contributed by atoms with Gasteiger partial charge in [-0.05, 0) is 20.8 Å². The molecule has 2 heterocycles. The average molecular weight is 239 g/mol. The molecule has 96 valence electrons. The lowest BCUT2D eigenvalue weighted by Crippen LogP contribution is -2.45. The summed E-state index contributed by atoms with van der Waals surface area (Å²) in [6, 6.07) is 0. The fraction of sp³-hybridized carbons (Fsp3) is 0.818. The van der Waals surface area contributed by atoms with E-state index in [1.807, 2.05) is 10.9 Å². The summed E-state index contributed by atoms with van der Waals surface area (Å²) < 4.78 is 7.18. The van der Waals surface area contributed by atoms with Gasteiger partial charge in [0.05, 0.1) is 37.2 Å². The first kappa shape index (κ1) is 12.5. The molecule has 0 spiro atoms. The molecule has 1 fully saturated rings. The molecular weight excluding hydrogens is 218 g/mol. The third-order valence-corrected chi connectivity index (χ3v) is 2.72. The Hall–Kier alpha value is -0.980. The average Bonchev–Trinajstić information content (AvgIpc) is 2.76. The fourth-order valence-corrected chi connectivity index (χ4v) is 1.62. The molecule has 0 radical (unpaired) electrons. The van der Waals surface area contributed by atoms with Crippen molar-refractivity contribution in [3.8, 4) is 0 Å². The Bertz CT molecular complexity index is 351. The van der Waals surface area contributed by atoms with Gasteiger partial charge in [0.1, 0.15) is 0 Å². The van der Waals surface area contributed by atoms with Gasteiger partial charge in [-0.3, -0.25) is 0 Å². The molecule has 0 aromatic carbocycles. The number of aromatic nitrogens is 3. The van der Waals surface area contributed by atoms with E-state index in [0.717, 1.165) is 38.5 Å². The highest BCUT2D eigenvalue weighted by molar-refractivity contribution is 4.93. The van der Waals surface area contributed by atoms with Crippen LogP contribution in [-0.2, 0) is 16.8 Å². The first-order chi connectivity index (χ1) is 8.05. The minimum atomic E-state index is -0.00971. The summed E-state index contributed by atoms with van der Waals surface area (Å²) in [6.07, 6.45) is 1.99. The fourth-order valence-electron chi connectivity index (χ4n) is 1.62. The summed E-state index contributed by atoms with van der Waals surface area (Å²) in [7, 11) is 0. The second-order valence-electron chi connectivity index (χ2n) is 5.26. The maximum absolute atomic E-state index is 5.29. The third-order valence-electron chi connectivity index (χ3n) is 2.72. The summed E-state index contributed by atoms with van der Waals surface area (Å²) >= 11 is 0. The predicted molar refractivity (Wildman–Crippen MR) is 64.2 cm³/mol. The highest BCUT2D eigenvalue weighted by Crippen LogP contribution is 2.11. The van der Waals surface area contributed by atoms with Crippen LogP contribution in [0.1, 0.15) is 26.5 Å². The van der Waals surface area contributed by atoms with E-state index >= 15 is 0 Å². The summed E-state index contributed by atoms with van der Waals surface area (Å²) in [5.74, 6) is 0. The van der Waals surface area contributed by atoms with Crippen molar-refractivity contribution in [3.05, 3.63) is 11.9 Å². The van der Waals surface area contributed by atoms with Gasteiger partial charge in [0.25, 0.3) is 0 Å². The molecule has 0 unspecified atom stereocenters. The quantitative estimate of drug-likeness (QED) is 0.826. The number of nitrogens with zero attached hydrogens (tertiary/aromatic N) is 4. The number of hydrazine groups is 1. The lowest BCUT2D eigenvalue weighted by molar-refractivity contribution is 0.0103. The Morgan fingerprint density at radius 1 is 1.35 bits per heavy atom. The number of rotatable bonds is 3. The minimum Gasteiger partial charge on any atom is -0.379 e. The van der Waals surface area contributed by atoms with E-state index in [1.165, 1.54) is 0 Å². The summed E-state index contributed by atoms with van der Waals surface area (Å²) in [6.45, 7) is 10.5. The summed E-state index contributed by atoms with van der Waals surface area (Å²) in [5, 5.41) is 10.5. The van der Waals surface area contributed by atoms with E-state index in [9.17, 15) is 0 Å². The van der Waals surface area contributed by atoms with Gasteiger partial charge in [0.2, 0.25) is 0 Å². The Labute approximate surface area is 102 Å². The number of hydrogen-bond acceptors (Lipinski definition) is 5. The van der Waals surface area contributed by atoms with Crippen molar-refractivity contribution >= 4 is 0 Å². The van der Waals surface area contributed by atoms with Crippen LogP contribution >= 0.6 is 0 Å². The van der Waals surface area contributed by atoms with Crippen molar-refractivity contribution in [1.29, 1.82) is 0 Å². The van der Waals surface area contributed by atoms with Crippen LogP contribution in [0.4, 0.5) is 0 Å². The number of morpholine rings is 1. The molecule has 0 atom stereocenters. The smallest absolute Gasteiger partial charge is 0.0979 e. The third kappa shape index (κ3) is 3.49. The SMILES string of the molecule is CC(C)(C)n1cc(CNN2CCOCC2)nn1. The van der Waals surface area contributed by atoms with E-state index in [4.69, 9.17) is 4.74 Å². The van der Waals surface area contributed by atoms with Crippen LogP contribution in [0.3, 0.4) is 0 Å². The number of nitrogens with one attached hydrogen (secondary N) is 1. The van der Waals surface area contributed by atoms with Gasteiger partial charge in [-0.2, -0.15) is 0 Å². The van der Waals surface area contributed by atoms with Gasteiger partial charge in [-0.25, -0.2) is 15.1 Å². The van der Waals surface area contributed by atoms with Crippen LogP contribution < -0.4 is 5.43 Å². The maximum atomic E-state index is 5.29. The first-order valence-electron chi connectivity index (χ1n) is 6.03. The summed E-state index contributed by atoms with van der Waals surface area (Å²) in [4.78, 5) is 0. The lowest BCUT2D eigenvalue weighted by Gasteiger charge is -2.26. The van der Waals surface area contributed by atoms with Gasteiger partial charge in [0.15, 0.2) is 0 Å². The molecular formula is C11H21N5O. The highest BCUT2D eigenvalue weighted by atomic mass is 16.5. The molecule has 1 aliphatic rings. The molecule has 2 rings (SSSR count). The molecule has 1 aromatic rings. The normalized spacial score (nSPS) is 18.5. The monoisotopic (exact) mass is 239 g/mol. The van der Waals surface area contributed by atoms with Crippen molar-refractivity contribution in [3.63, 3.8) is 0 Å². The Morgan fingerprint density at radius 3 is 2.65 bits per heavy atom. The molecule has 0 saturated carbocycles. The standard InChI is InChI=1S/C11H21N5O/c1-11(2,3)16-9-10(13-14-16)8-12-15-4-6-17-7-5-15/h9,12H,4-8H2,1-3H3. The zero-order chi connectivity index (χ0) is 12.3.